The van der Waals surface area contributed by atoms with Gasteiger partial charge >= 0.3 is 0 Å². The summed E-state index contributed by atoms with van der Waals surface area (Å²) in [4.78, 5) is 1.49. The summed E-state index contributed by atoms with van der Waals surface area (Å²) in [6, 6.07) is 4.32. The van der Waals surface area contributed by atoms with E-state index in [9.17, 15) is 0 Å². The van der Waals surface area contributed by atoms with Gasteiger partial charge in [0.25, 0.3) is 0 Å². The first-order valence-electron chi connectivity index (χ1n) is 4.58. The van der Waals surface area contributed by atoms with E-state index in [2.05, 4.69) is 24.4 Å². The van der Waals surface area contributed by atoms with E-state index in [1.165, 1.54) is 24.1 Å². The molecular formula is C10H14OS. The molecule has 2 heterocycles. The molecule has 0 spiro atoms. The van der Waals surface area contributed by atoms with Gasteiger partial charge in [-0.15, -0.1) is 11.3 Å². The minimum atomic E-state index is 0.567. The van der Waals surface area contributed by atoms with Gasteiger partial charge in [-0.2, -0.15) is 0 Å². The predicted molar refractivity (Wildman–Crippen MR) is 51.6 cm³/mol. The summed E-state index contributed by atoms with van der Waals surface area (Å²) in [6.07, 6.45) is 4.72. The minimum absolute atomic E-state index is 0.567. The maximum Gasteiger partial charge on any atom is 0.0845 e. The van der Waals surface area contributed by atoms with Crippen LogP contribution >= 0.6 is 11.3 Å². The molecule has 1 aromatic rings. The van der Waals surface area contributed by atoms with Gasteiger partial charge in [-0.05, 0) is 30.7 Å². The van der Waals surface area contributed by atoms with Gasteiger partial charge in [0, 0.05) is 4.88 Å². The van der Waals surface area contributed by atoms with Crippen molar-refractivity contribution in [2.75, 3.05) is 0 Å². The van der Waals surface area contributed by atoms with Gasteiger partial charge in [0.15, 0.2) is 0 Å². The van der Waals surface area contributed by atoms with E-state index in [4.69, 9.17) is 4.74 Å². The first-order chi connectivity index (χ1) is 5.90. The average Bonchev–Trinajstić information content (AvgIpc) is 2.67. The third-order valence-corrected chi connectivity index (χ3v) is 3.28. The Kier molecular flexibility index (Phi) is 2.47. The van der Waals surface area contributed by atoms with Crippen molar-refractivity contribution >= 4 is 11.3 Å². The number of aryl methyl sites for hydroxylation is 1. The fourth-order valence-corrected chi connectivity index (χ4v) is 2.26. The Labute approximate surface area is 77.4 Å². The lowest BCUT2D eigenvalue weighted by Gasteiger charge is -1.92. The molecule has 0 aromatic carbocycles. The molecule has 2 heteroatoms. The molecule has 1 saturated heterocycles. The molecule has 1 nitrogen and oxygen atoms in total. The maximum absolute atomic E-state index is 5.47. The van der Waals surface area contributed by atoms with E-state index in [0.29, 0.717) is 12.2 Å². The number of epoxide rings is 1. The molecule has 0 radical (unpaired) electrons. The first kappa shape index (κ1) is 8.27. The fraction of sp³-hybridized carbons (Fsp3) is 0.600. The monoisotopic (exact) mass is 182 g/mol. The van der Waals surface area contributed by atoms with Crippen LogP contribution in [0.25, 0.3) is 0 Å². The zero-order valence-electron chi connectivity index (χ0n) is 7.32. The van der Waals surface area contributed by atoms with Gasteiger partial charge in [0.2, 0.25) is 0 Å². The summed E-state index contributed by atoms with van der Waals surface area (Å²) in [7, 11) is 0. The van der Waals surface area contributed by atoms with E-state index >= 15 is 0 Å². The lowest BCUT2D eigenvalue weighted by molar-refractivity contribution is 0.360. The fourth-order valence-electron chi connectivity index (χ4n) is 1.53. The van der Waals surface area contributed by atoms with Gasteiger partial charge in [0.1, 0.15) is 0 Å². The van der Waals surface area contributed by atoms with Crippen LogP contribution in [-0.4, -0.2) is 12.2 Å². The van der Waals surface area contributed by atoms with Crippen LogP contribution in [0, 0.1) is 0 Å². The van der Waals surface area contributed by atoms with Crippen molar-refractivity contribution in [3.8, 4) is 0 Å². The zero-order valence-corrected chi connectivity index (χ0v) is 8.14. The topological polar surface area (TPSA) is 12.5 Å². The standard InChI is InChI=1S/C10H14OS/c1-2-9-10(11-9)6-5-8-4-3-7-12-8/h3-4,7,9-10H,2,5-6H2,1H3. The summed E-state index contributed by atoms with van der Waals surface area (Å²) >= 11 is 1.85. The molecule has 0 saturated carbocycles. The average molecular weight is 182 g/mol. The molecule has 1 aliphatic heterocycles. The van der Waals surface area contributed by atoms with Crippen LogP contribution in [0.15, 0.2) is 17.5 Å². The lowest BCUT2D eigenvalue weighted by atomic mass is 10.1. The normalized spacial score (nSPS) is 27.4. The summed E-state index contributed by atoms with van der Waals surface area (Å²) in [5, 5.41) is 2.14. The molecule has 0 aliphatic carbocycles. The largest absolute Gasteiger partial charge is 0.370 e. The van der Waals surface area contributed by atoms with Gasteiger partial charge in [-0.1, -0.05) is 13.0 Å². The predicted octanol–water partition coefficient (Wildman–Crippen LogP) is 2.86. The second-order valence-electron chi connectivity index (χ2n) is 3.24. The highest BCUT2D eigenvalue weighted by molar-refractivity contribution is 7.09. The Morgan fingerprint density at radius 1 is 1.50 bits per heavy atom. The Bertz CT molecular complexity index is 230. The molecule has 0 bridgehead atoms. The summed E-state index contributed by atoms with van der Waals surface area (Å²) in [5.74, 6) is 0. The van der Waals surface area contributed by atoms with Crippen molar-refractivity contribution in [1.29, 1.82) is 0 Å². The Morgan fingerprint density at radius 2 is 2.42 bits per heavy atom. The van der Waals surface area contributed by atoms with Crippen LogP contribution in [0.3, 0.4) is 0 Å². The molecule has 2 atom stereocenters. The molecule has 0 amide bonds. The van der Waals surface area contributed by atoms with Crippen molar-refractivity contribution in [2.45, 2.75) is 38.4 Å². The molecule has 1 aromatic heterocycles. The molecule has 1 aliphatic rings. The molecule has 2 unspecified atom stereocenters. The van der Waals surface area contributed by atoms with Crippen molar-refractivity contribution in [2.24, 2.45) is 0 Å². The van der Waals surface area contributed by atoms with Crippen molar-refractivity contribution in [1.82, 2.24) is 0 Å². The summed E-state index contributed by atoms with van der Waals surface area (Å²) < 4.78 is 5.47. The molecule has 66 valence electrons. The van der Waals surface area contributed by atoms with E-state index in [0.717, 1.165) is 0 Å². The zero-order chi connectivity index (χ0) is 8.39. The Morgan fingerprint density at radius 3 is 3.00 bits per heavy atom. The molecular weight excluding hydrogens is 168 g/mol. The van der Waals surface area contributed by atoms with Gasteiger partial charge in [-0.25, -0.2) is 0 Å². The molecule has 0 N–H and O–H groups in total. The van der Waals surface area contributed by atoms with Crippen LogP contribution in [0.4, 0.5) is 0 Å². The van der Waals surface area contributed by atoms with Crippen LogP contribution in [0.2, 0.25) is 0 Å². The summed E-state index contributed by atoms with van der Waals surface area (Å²) in [5.41, 5.74) is 0. The quantitative estimate of drug-likeness (QED) is 0.652. The Hall–Kier alpha value is -0.340. The van der Waals surface area contributed by atoms with Gasteiger partial charge in [-0.3, -0.25) is 0 Å². The van der Waals surface area contributed by atoms with Gasteiger partial charge in [0.05, 0.1) is 12.2 Å². The molecule has 12 heavy (non-hydrogen) atoms. The van der Waals surface area contributed by atoms with Crippen LogP contribution in [0.5, 0.6) is 0 Å². The third-order valence-electron chi connectivity index (χ3n) is 2.35. The summed E-state index contributed by atoms with van der Waals surface area (Å²) in [6.45, 7) is 2.19. The van der Waals surface area contributed by atoms with Crippen LogP contribution < -0.4 is 0 Å². The SMILES string of the molecule is CCC1OC1CCc1cccs1. The van der Waals surface area contributed by atoms with E-state index in [1.807, 2.05) is 11.3 Å². The third kappa shape index (κ3) is 1.87. The minimum Gasteiger partial charge on any atom is -0.370 e. The van der Waals surface area contributed by atoms with Crippen molar-refractivity contribution < 1.29 is 4.74 Å². The lowest BCUT2D eigenvalue weighted by Crippen LogP contribution is -1.93. The molecule has 1 fully saturated rings. The second-order valence-corrected chi connectivity index (χ2v) is 4.27. The first-order valence-corrected chi connectivity index (χ1v) is 5.46. The smallest absolute Gasteiger partial charge is 0.0845 e. The van der Waals surface area contributed by atoms with Crippen molar-refractivity contribution in [3.63, 3.8) is 0 Å². The second kappa shape index (κ2) is 3.58. The van der Waals surface area contributed by atoms with Crippen molar-refractivity contribution in [3.05, 3.63) is 22.4 Å². The number of rotatable bonds is 4. The van der Waals surface area contributed by atoms with Crippen LogP contribution in [-0.2, 0) is 11.2 Å². The van der Waals surface area contributed by atoms with Gasteiger partial charge < -0.3 is 4.74 Å². The highest BCUT2D eigenvalue weighted by atomic mass is 32.1. The van der Waals surface area contributed by atoms with E-state index in [-0.39, 0.29) is 0 Å². The van der Waals surface area contributed by atoms with Crippen LogP contribution in [0.1, 0.15) is 24.6 Å². The number of hydrogen-bond acceptors (Lipinski definition) is 2. The van der Waals surface area contributed by atoms with E-state index < -0.39 is 0 Å². The maximum atomic E-state index is 5.47. The number of ether oxygens (including phenoxy) is 1. The highest BCUT2D eigenvalue weighted by Gasteiger charge is 2.35. The Balaban J connectivity index is 1.71. The molecule has 2 rings (SSSR count). The van der Waals surface area contributed by atoms with E-state index in [1.54, 1.807) is 0 Å². The highest BCUT2D eigenvalue weighted by Crippen LogP contribution is 2.29. The number of thiophene rings is 1. The number of hydrogen-bond donors (Lipinski definition) is 0.